The minimum Gasteiger partial charge on any atom is -0.381 e. The van der Waals surface area contributed by atoms with E-state index in [0.29, 0.717) is 54.8 Å². The molecular formula is C29H34F2N4O2. The fourth-order valence-corrected chi connectivity index (χ4v) is 3.70. The van der Waals surface area contributed by atoms with Crippen molar-refractivity contribution in [3.63, 3.8) is 0 Å². The molecule has 1 heterocycles. The zero-order valence-corrected chi connectivity index (χ0v) is 22.0. The Hall–Kier alpha value is -3.65. The van der Waals surface area contributed by atoms with E-state index >= 15 is 0 Å². The third-order valence-corrected chi connectivity index (χ3v) is 6.10. The monoisotopic (exact) mass is 508 g/mol. The molecule has 0 radical (unpaired) electrons. The van der Waals surface area contributed by atoms with Crippen LogP contribution in [0.4, 0.5) is 14.5 Å². The summed E-state index contributed by atoms with van der Waals surface area (Å²) in [4.78, 5) is 21.6. The number of amides is 1. The molecule has 196 valence electrons. The summed E-state index contributed by atoms with van der Waals surface area (Å²) in [5.74, 6) is -0.983. The second-order valence-corrected chi connectivity index (χ2v) is 9.01. The van der Waals surface area contributed by atoms with E-state index in [0.717, 1.165) is 11.3 Å². The van der Waals surface area contributed by atoms with Crippen LogP contribution in [0.5, 0.6) is 0 Å². The molecule has 0 aliphatic carbocycles. The van der Waals surface area contributed by atoms with Gasteiger partial charge in [0.25, 0.3) is 5.91 Å². The normalized spacial score (nSPS) is 15.2. The van der Waals surface area contributed by atoms with Crippen LogP contribution < -0.4 is 10.6 Å². The zero-order chi connectivity index (χ0) is 26.9. The van der Waals surface area contributed by atoms with Crippen LogP contribution in [0.25, 0.3) is 5.57 Å². The number of aryl methyl sites for hydroxylation is 2. The van der Waals surface area contributed by atoms with Gasteiger partial charge < -0.3 is 15.4 Å². The van der Waals surface area contributed by atoms with Crippen LogP contribution >= 0.6 is 0 Å². The summed E-state index contributed by atoms with van der Waals surface area (Å²) in [7, 11) is 0. The average molecular weight is 509 g/mol. The van der Waals surface area contributed by atoms with Crippen LogP contribution in [0.2, 0.25) is 0 Å². The van der Waals surface area contributed by atoms with Crippen molar-refractivity contribution in [2.75, 3.05) is 25.1 Å². The van der Waals surface area contributed by atoms with Crippen molar-refractivity contribution in [1.82, 2.24) is 5.32 Å². The Morgan fingerprint density at radius 1 is 1.11 bits per heavy atom. The summed E-state index contributed by atoms with van der Waals surface area (Å²) in [6, 6.07) is 8.63. The Kier molecular flexibility index (Phi) is 9.85. The van der Waals surface area contributed by atoms with Gasteiger partial charge in [0, 0.05) is 41.7 Å². The first-order valence-corrected chi connectivity index (χ1v) is 12.4. The van der Waals surface area contributed by atoms with Crippen LogP contribution in [0.3, 0.4) is 0 Å². The Morgan fingerprint density at radius 2 is 1.84 bits per heavy atom. The number of rotatable bonds is 9. The highest BCUT2D eigenvalue weighted by Gasteiger charge is 2.20. The van der Waals surface area contributed by atoms with Crippen LogP contribution in [0.15, 0.2) is 58.8 Å². The second kappa shape index (κ2) is 13.1. The maximum atomic E-state index is 14.4. The number of amidine groups is 1. The highest BCUT2D eigenvalue weighted by Crippen LogP contribution is 2.23. The van der Waals surface area contributed by atoms with Gasteiger partial charge in [-0.05, 0) is 69.0 Å². The van der Waals surface area contributed by atoms with Crippen molar-refractivity contribution in [2.45, 2.75) is 41.0 Å². The second-order valence-electron chi connectivity index (χ2n) is 9.01. The molecule has 0 aromatic heterocycles. The molecule has 6 nitrogen and oxygen atoms in total. The number of halogens is 2. The summed E-state index contributed by atoms with van der Waals surface area (Å²) >= 11 is 0. The Bertz CT molecular complexity index is 1260. The lowest BCUT2D eigenvalue weighted by Crippen LogP contribution is -2.39. The summed E-state index contributed by atoms with van der Waals surface area (Å²) in [5.41, 5.74) is 3.74. The predicted molar refractivity (Wildman–Crippen MR) is 146 cm³/mol. The van der Waals surface area contributed by atoms with E-state index in [1.54, 1.807) is 44.3 Å². The lowest BCUT2D eigenvalue weighted by atomic mass is 10.0. The summed E-state index contributed by atoms with van der Waals surface area (Å²) in [6.45, 7) is 10.8. The number of allylic oxidation sites excluding steroid dienone is 2. The third-order valence-electron chi connectivity index (χ3n) is 6.10. The van der Waals surface area contributed by atoms with E-state index in [9.17, 15) is 13.6 Å². The number of aliphatic imine (C=N–C) groups is 2. The van der Waals surface area contributed by atoms with E-state index in [2.05, 4.69) is 20.6 Å². The molecule has 1 saturated heterocycles. The highest BCUT2D eigenvalue weighted by atomic mass is 19.2. The standard InChI is InChI=1S/C29H34F2N4O2/c1-6-12-32-28(20(5)33-14-19(4)24-10-8-18(3)26(30)27(24)31)35-23-9-11-25(22(7-2)13-23)29(36)34-15-21-16-37-17-21/h6,8-14,21H,7,15-17H2,1-5H3,(H,32,35)(H,34,36)/b12-6-,19-14+,33-20+. The highest BCUT2D eigenvalue weighted by molar-refractivity contribution is 6.45. The number of hydrogen-bond acceptors (Lipinski definition) is 4. The minimum atomic E-state index is -0.889. The maximum absolute atomic E-state index is 14.4. The summed E-state index contributed by atoms with van der Waals surface area (Å²) in [6.07, 6.45) is 5.60. The van der Waals surface area contributed by atoms with Gasteiger partial charge in [-0.2, -0.15) is 0 Å². The topological polar surface area (TPSA) is 75.1 Å². The molecule has 3 rings (SSSR count). The first-order chi connectivity index (χ1) is 17.7. The van der Waals surface area contributed by atoms with Gasteiger partial charge in [0.1, 0.15) is 0 Å². The molecule has 2 N–H and O–H groups in total. The Morgan fingerprint density at radius 3 is 2.49 bits per heavy atom. The number of nitrogens with one attached hydrogen (secondary N) is 2. The van der Waals surface area contributed by atoms with E-state index in [4.69, 9.17) is 4.74 Å². The molecule has 0 unspecified atom stereocenters. The van der Waals surface area contributed by atoms with Crippen molar-refractivity contribution in [2.24, 2.45) is 15.9 Å². The van der Waals surface area contributed by atoms with E-state index in [-0.39, 0.29) is 17.0 Å². The number of anilines is 1. The molecule has 2 aromatic rings. The quantitative estimate of drug-likeness (QED) is 0.319. The van der Waals surface area contributed by atoms with E-state index < -0.39 is 11.6 Å². The average Bonchev–Trinajstić information content (AvgIpc) is 2.86. The zero-order valence-electron chi connectivity index (χ0n) is 22.0. The van der Waals surface area contributed by atoms with Gasteiger partial charge in [0.05, 0.1) is 18.9 Å². The van der Waals surface area contributed by atoms with Crippen LogP contribution in [-0.4, -0.2) is 37.2 Å². The molecule has 1 fully saturated rings. The van der Waals surface area contributed by atoms with Gasteiger partial charge in [0.15, 0.2) is 17.5 Å². The largest absolute Gasteiger partial charge is 0.381 e. The Labute approximate surface area is 217 Å². The molecule has 2 aromatic carbocycles. The predicted octanol–water partition coefficient (Wildman–Crippen LogP) is 6.08. The molecular weight excluding hydrogens is 474 g/mol. The lowest BCUT2D eigenvalue weighted by Gasteiger charge is -2.26. The van der Waals surface area contributed by atoms with Gasteiger partial charge in [-0.15, -0.1) is 0 Å². The number of ether oxygens (including phenoxy) is 1. The minimum absolute atomic E-state index is 0.101. The first kappa shape index (κ1) is 27.9. The van der Waals surface area contributed by atoms with Crippen LogP contribution in [0, 0.1) is 24.5 Å². The Balaban J connectivity index is 1.80. The molecule has 1 aliphatic rings. The first-order valence-electron chi connectivity index (χ1n) is 12.4. The number of benzene rings is 2. The lowest BCUT2D eigenvalue weighted by molar-refractivity contribution is -0.0298. The van der Waals surface area contributed by atoms with Gasteiger partial charge in [-0.25, -0.2) is 13.8 Å². The number of hydrogen-bond donors (Lipinski definition) is 2. The van der Waals surface area contributed by atoms with Gasteiger partial charge in [-0.1, -0.05) is 25.1 Å². The number of carbonyl (C=O) groups excluding carboxylic acids is 1. The van der Waals surface area contributed by atoms with E-state index in [1.807, 2.05) is 26.0 Å². The van der Waals surface area contributed by atoms with Gasteiger partial charge in [-0.3, -0.25) is 9.79 Å². The van der Waals surface area contributed by atoms with E-state index in [1.165, 1.54) is 13.1 Å². The van der Waals surface area contributed by atoms with Gasteiger partial charge >= 0.3 is 0 Å². The smallest absolute Gasteiger partial charge is 0.251 e. The number of nitrogens with zero attached hydrogens (tertiary/aromatic N) is 2. The molecule has 0 spiro atoms. The van der Waals surface area contributed by atoms with Crippen molar-refractivity contribution in [3.8, 4) is 0 Å². The van der Waals surface area contributed by atoms with Crippen molar-refractivity contribution >= 4 is 28.7 Å². The summed E-state index contributed by atoms with van der Waals surface area (Å²) in [5, 5.41) is 6.26. The van der Waals surface area contributed by atoms with Crippen molar-refractivity contribution in [1.29, 1.82) is 0 Å². The molecule has 8 heteroatoms. The number of carbonyl (C=O) groups is 1. The van der Waals surface area contributed by atoms with Crippen LogP contribution in [-0.2, 0) is 11.2 Å². The third kappa shape index (κ3) is 7.20. The molecule has 0 saturated carbocycles. The molecule has 1 aliphatic heterocycles. The summed E-state index contributed by atoms with van der Waals surface area (Å²) < 4.78 is 33.5. The maximum Gasteiger partial charge on any atom is 0.251 e. The fraction of sp³-hybridized carbons (Fsp3) is 0.345. The van der Waals surface area contributed by atoms with Crippen molar-refractivity contribution < 1.29 is 18.3 Å². The van der Waals surface area contributed by atoms with Gasteiger partial charge in [0.2, 0.25) is 0 Å². The fourth-order valence-electron chi connectivity index (χ4n) is 3.70. The molecule has 0 atom stereocenters. The SMILES string of the molecule is C\C=C/N=C(Nc1ccc(C(=O)NCC2COC2)c(CC)c1)\C(C)=N\C=C(/C)c1ccc(C)c(F)c1F. The van der Waals surface area contributed by atoms with Crippen molar-refractivity contribution in [3.05, 3.63) is 82.7 Å². The molecule has 0 bridgehead atoms. The molecule has 37 heavy (non-hydrogen) atoms. The van der Waals surface area contributed by atoms with Crippen LogP contribution in [0.1, 0.15) is 54.7 Å². The molecule has 1 amide bonds.